The Kier molecular flexibility index (Phi) is 4.45. The zero-order valence-corrected chi connectivity index (χ0v) is 9.44. The number of hydrogen-bond acceptors (Lipinski definition) is 5. The van der Waals surface area contributed by atoms with Gasteiger partial charge in [-0.1, -0.05) is 11.6 Å². The van der Waals surface area contributed by atoms with Crippen molar-refractivity contribution in [3.63, 3.8) is 0 Å². The second-order valence-corrected chi connectivity index (χ2v) is 3.74. The number of halogens is 1. The summed E-state index contributed by atoms with van der Waals surface area (Å²) in [4.78, 5) is 13.9. The predicted molar refractivity (Wildman–Crippen MR) is 60.7 cm³/mol. The van der Waals surface area contributed by atoms with Gasteiger partial charge in [0.2, 0.25) is 0 Å². The van der Waals surface area contributed by atoms with Crippen molar-refractivity contribution in [2.75, 3.05) is 11.9 Å². The smallest absolute Gasteiger partial charge is 0.276 e. The third-order valence-electron chi connectivity index (χ3n) is 1.95. The normalized spacial score (nSPS) is 12.2. The molecule has 2 N–H and O–H groups in total. The fourth-order valence-corrected chi connectivity index (χ4v) is 1.38. The van der Waals surface area contributed by atoms with Crippen molar-refractivity contribution in [2.45, 2.75) is 19.4 Å². The standard InChI is InChI=1S/C9H12ClN3O3/c1-6(2-3-14)11-9-5-7(13(15)16)4-8(10)12-9/h4-6,14H,2-3H2,1H3,(H,11,12). The van der Waals surface area contributed by atoms with Crippen molar-refractivity contribution in [3.8, 4) is 0 Å². The van der Waals surface area contributed by atoms with Gasteiger partial charge in [-0.05, 0) is 13.3 Å². The first-order chi connectivity index (χ1) is 7.52. The molecule has 7 heteroatoms. The Morgan fingerprint density at radius 1 is 1.69 bits per heavy atom. The summed E-state index contributed by atoms with van der Waals surface area (Å²) in [5.41, 5.74) is -0.112. The summed E-state index contributed by atoms with van der Waals surface area (Å²) < 4.78 is 0. The van der Waals surface area contributed by atoms with Gasteiger partial charge in [0.05, 0.1) is 17.1 Å². The molecular formula is C9H12ClN3O3. The second-order valence-electron chi connectivity index (χ2n) is 3.35. The summed E-state index contributed by atoms with van der Waals surface area (Å²) in [6.45, 7) is 1.88. The minimum absolute atomic E-state index is 0.0319. The van der Waals surface area contributed by atoms with Crippen LogP contribution in [0.25, 0.3) is 0 Å². The molecule has 1 unspecified atom stereocenters. The third-order valence-corrected chi connectivity index (χ3v) is 2.14. The van der Waals surface area contributed by atoms with Gasteiger partial charge in [0.1, 0.15) is 11.0 Å². The average Bonchev–Trinajstić information content (AvgIpc) is 2.16. The largest absolute Gasteiger partial charge is 0.396 e. The van der Waals surface area contributed by atoms with Gasteiger partial charge >= 0.3 is 0 Å². The summed E-state index contributed by atoms with van der Waals surface area (Å²) in [7, 11) is 0. The third kappa shape index (κ3) is 3.63. The Balaban J connectivity index is 2.84. The predicted octanol–water partition coefficient (Wildman–Crippen LogP) is 1.83. The molecule has 0 spiro atoms. The van der Waals surface area contributed by atoms with Crippen molar-refractivity contribution < 1.29 is 10.0 Å². The van der Waals surface area contributed by atoms with Crippen LogP contribution >= 0.6 is 11.6 Å². The van der Waals surface area contributed by atoms with Gasteiger partial charge in [-0.15, -0.1) is 0 Å². The maximum Gasteiger partial charge on any atom is 0.276 e. The molecule has 1 aromatic rings. The Bertz CT molecular complexity index is 386. The van der Waals surface area contributed by atoms with Crippen molar-refractivity contribution in [1.82, 2.24) is 4.98 Å². The fraction of sp³-hybridized carbons (Fsp3) is 0.444. The van der Waals surface area contributed by atoms with Crippen LogP contribution in [0.3, 0.4) is 0 Å². The highest BCUT2D eigenvalue weighted by atomic mass is 35.5. The summed E-state index contributed by atoms with van der Waals surface area (Å²) in [6, 6.07) is 2.46. The topological polar surface area (TPSA) is 88.3 Å². The van der Waals surface area contributed by atoms with Gasteiger partial charge in [-0.3, -0.25) is 10.1 Å². The zero-order chi connectivity index (χ0) is 12.1. The molecule has 1 heterocycles. The molecule has 1 rings (SSSR count). The highest BCUT2D eigenvalue weighted by Gasteiger charge is 2.11. The van der Waals surface area contributed by atoms with E-state index in [1.807, 2.05) is 6.92 Å². The number of hydrogen-bond donors (Lipinski definition) is 2. The number of aliphatic hydroxyl groups is 1. The first-order valence-electron chi connectivity index (χ1n) is 4.72. The molecule has 0 aliphatic carbocycles. The van der Waals surface area contributed by atoms with Gasteiger partial charge in [0, 0.05) is 12.6 Å². The lowest BCUT2D eigenvalue weighted by atomic mass is 10.2. The molecule has 1 atom stereocenters. The SMILES string of the molecule is CC(CCO)Nc1cc([N+](=O)[O-])cc(Cl)n1. The van der Waals surface area contributed by atoms with Crippen molar-refractivity contribution >= 4 is 23.1 Å². The van der Waals surface area contributed by atoms with E-state index in [0.717, 1.165) is 0 Å². The number of aromatic nitrogens is 1. The Hall–Kier alpha value is -1.40. The van der Waals surface area contributed by atoms with E-state index in [1.165, 1.54) is 12.1 Å². The molecule has 0 saturated carbocycles. The number of nitrogens with zero attached hydrogens (tertiary/aromatic N) is 2. The zero-order valence-electron chi connectivity index (χ0n) is 8.68. The molecule has 0 aliphatic rings. The lowest BCUT2D eigenvalue weighted by Gasteiger charge is -2.12. The monoisotopic (exact) mass is 245 g/mol. The van der Waals surface area contributed by atoms with Gasteiger partial charge in [-0.25, -0.2) is 4.98 Å². The van der Waals surface area contributed by atoms with Crippen molar-refractivity contribution in [3.05, 3.63) is 27.4 Å². The minimum Gasteiger partial charge on any atom is -0.396 e. The number of pyridine rings is 1. The van der Waals surface area contributed by atoms with Gasteiger partial charge in [0.15, 0.2) is 0 Å². The van der Waals surface area contributed by atoms with Crippen LogP contribution in [0.4, 0.5) is 11.5 Å². The lowest BCUT2D eigenvalue weighted by molar-refractivity contribution is -0.384. The van der Waals surface area contributed by atoms with Crippen LogP contribution in [0.5, 0.6) is 0 Å². The van der Waals surface area contributed by atoms with Crippen LogP contribution < -0.4 is 5.32 Å². The molecule has 0 radical (unpaired) electrons. The summed E-state index contributed by atoms with van der Waals surface area (Å²) in [5.74, 6) is 0.333. The van der Waals surface area contributed by atoms with Crippen LogP contribution in [0, 0.1) is 10.1 Å². The first-order valence-corrected chi connectivity index (χ1v) is 5.10. The average molecular weight is 246 g/mol. The highest BCUT2D eigenvalue weighted by Crippen LogP contribution is 2.21. The summed E-state index contributed by atoms with van der Waals surface area (Å²) in [6.07, 6.45) is 0.530. The van der Waals surface area contributed by atoms with E-state index in [2.05, 4.69) is 10.3 Å². The first kappa shape index (κ1) is 12.7. The number of nitro groups is 1. The summed E-state index contributed by atoms with van der Waals surface area (Å²) >= 11 is 5.65. The molecule has 0 bridgehead atoms. The number of anilines is 1. The van der Waals surface area contributed by atoms with E-state index < -0.39 is 4.92 Å². The molecule has 1 aromatic heterocycles. The minimum atomic E-state index is -0.532. The Labute approximate surface area is 97.4 Å². The van der Waals surface area contributed by atoms with Gasteiger partial charge in [-0.2, -0.15) is 0 Å². The van der Waals surface area contributed by atoms with E-state index in [1.54, 1.807) is 0 Å². The molecule has 0 amide bonds. The van der Waals surface area contributed by atoms with Crippen molar-refractivity contribution in [2.24, 2.45) is 0 Å². The van der Waals surface area contributed by atoms with E-state index >= 15 is 0 Å². The molecule has 0 saturated heterocycles. The highest BCUT2D eigenvalue weighted by molar-refractivity contribution is 6.29. The van der Waals surface area contributed by atoms with Crippen LogP contribution in [0.2, 0.25) is 5.15 Å². The Morgan fingerprint density at radius 2 is 2.38 bits per heavy atom. The molecule has 0 aliphatic heterocycles. The number of nitrogens with one attached hydrogen (secondary N) is 1. The Morgan fingerprint density at radius 3 is 2.94 bits per heavy atom. The quantitative estimate of drug-likeness (QED) is 0.469. The number of rotatable bonds is 5. The molecule has 0 aromatic carbocycles. The fourth-order valence-electron chi connectivity index (χ4n) is 1.18. The molecule has 88 valence electrons. The van der Waals surface area contributed by atoms with Crippen LogP contribution in [0.1, 0.15) is 13.3 Å². The maximum absolute atomic E-state index is 10.6. The van der Waals surface area contributed by atoms with Gasteiger partial charge in [0.25, 0.3) is 5.69 Å². The summed E-state index contributed by atoms with van der Waals surface area (Å²) in [5, 5.41) is 22.3. The number of aliphatic hydroxyl groups excluding tert-OH is 1. The molecule has 0 fully saturated rings. The second kappa shape index (κ2) is 5.62. The van der Waals surface area contributed by atoms with Gasteiger partial charge < -0.3 is 10.4 Å². The van der Waals surface area contributed by atoms with Crippen LogP contribution in [-0.2, 0) is 0 Å². The molecular weight excluding hydrogens is 234 g/mol. The maximum atomic E-state index is 10.6. The van der Waals surface area contributed by atoms with E-state index in [9.17, 15) is 10.1 Å². The molecule has 6 nitrogen and oxygen atoms in total. The van der Waals surface area contributed by atoms with Crippen LogP contribution in [0.15, 0.2) is 12.1 Å². The van der Waals surface area contributed by atoms with E-state index in [-0.39, 0.29) is 23.5 Å². The van der Waals surface area contributed by atoms with Crippen LogP contribution in [-0.4, -0.2) is 27.7 Å². The lowest BCUT2D eigenvalue weighted by Crippen LogP contribution is -2.17. The van der Waals surface area contributed by atoms with E-state index in [4.69, 9.17) is 16.7 Å². The van der Waals surface area contributed by atoms with Crippen molar-refractivity contribution in [1.29, 1.82) is 0 Å². The van der Waals surface area contributed by atoms with E-state index in [0.29, 0.717) is 12.2 Å². The molecule has 16 heavy (non-hydrogen) atoms.